The first kappa shape index (κ1) is 25.2. The van der Waals surface area contributed by atoms with E-state index in [0.29, 0.717) is 12.4 Å². The summed E-state index contributed by atoms with van der Waals surface area (Å²) in [6, 6.07) is 0. The van der Waals surface area contributed by atoms with Gasteiger partial charge < -0.3 is 24.9 Å². The fourth-order valence-corrected chi connectivity index (χ4v) is 3.05. The maximum absolute atomic E-state index is 5.82. The van der Waals surface area contributed by atoms with E-state index < -0.39 is 0 Å². The van der Waals surface area contributed by atoms with Crippen molar-refractivity contribution < 1.29 is 4.42 Å². The highest BCUT2D eigenvalue weighted by Gasteiger charge is 2.19. The van der Waals surface area contributed by atoms with Crippen LogP contribution in [0.25, 0.3) is 0 Å². The standard InChI is InChI=1S/C20H38N6O.HI/c1-6-21-19(24-16-18-23-15-17(27-18)20(2,3)4)22-9-7-11-26-12-8-10-25(5)13-14-26;/h15H,6-14,16H2,1-5H3,(H2,21,22,24);1H. The van der Waals surface area contributed by atoms with Gasteiger partial charge in [0, 0.05) is 31.6 Å². The summed E-state index contributed by atoms with van der Waals surface area (Å²) < 4.78 is 5.82. The summed E-state index contributed by atoms with van der Waals surface area (Å²) in [5, 5.41) is 6.72. The number of nitrogens with one attached hydrogen (secondary N) is 2. The van der Waals surface area contributed by atoms with Crippen molar-refractivity contribution in [1.82, 2.24) is 25.4 Å². The van der Waals surface area contributed by atoms with Crippen molar-refractivity contribution >= 4 is 29.9 Å². The Balaban J connectivity index is 0.00000392. The van der Waals surface area contributed by atoms with Crippen LogP contribution >= 0.6 is 24.0 Å². The van der Waals surface area contributed by atoms with Gasteiger partial charge in [-0.3, -0.25) is 0 Å². The molecular weight excluding hydrogens is 467 g/mol. The number of aliphatic imine (C=N–C) groups is 1. The Morgan fingerprint density at radius 1 is 1.21 bits per heavy atom. The number of hydrogen-bond acceptors (Lipinski definition) is 5. The third kappa shape index (κ3) is 9.09. The molecule has 1 aromatic heterocycles. The normalized spacial score (nSPS) is 17.1. The number of guanidine groups is 1. The molecule has 0 radical (unpaired) electrons. The fraction of sp³-hybridized carbons (Fsp3) is 0.800. The lowest BCUT2D eigenvalue weighted by Gasteiger charge is -2.20. The molecular formula is C20H39IN6O. The summed E-state index contributed by atoms with van der Waals surface area (Å²) in [5.41, 5.74) is -0.0279. The van der Waals surface area contributed by atoms with Crippen LogP contribution < -0.4 is 10.6 Å². The average Bonchev–Trinajstić information content (AvgIpc) is 3.00. The topological polar surface area (TPSA) is 68.9 Å². The molecule has 0 bridgehead atoms. The van der Waals surface area contributed by atoms with Gasteiger partial charge in [-0.15, -0.1) is 24.0 Å². The SMILES string of the molecule is CCNC(=NCc1ncc(C(C)(C)C)o1)NCCCN1CCCN(C)CC1.I. The molecule has 0 unspecified atom stereocenters. The number of halogens is 1. The van der Waals surface area contributed by atoms with Crippen molar-refractivity contribution in [2.45, 2.75) is 52.5 Å². The van der Waals surface area contributed by atoms with Gasteiger partial charge in [0.2, 0.25) is 5.89 Å². The summed E-state index contributed by atoms with van der Waals surface area (Å²) in [6.45, 7) is 16.5. The first-order valence-corrected chi connectivity index (χ1v) is 10.3. The van der Waals surface area contributed by atoms with Gasteiger partial charge in [-0.1, -0.05) is 20.8 Å². The number of hydrogen-bond donors (Lipinski definition) is 2. The van der Waals surface area contributed by atoms with Crippen LogP contribution in [-0.2, 0) is 12.0 Å². The first-order valence-electron chi connectivity index (χ1n) is 10.3. The molecule has 1 saturated heterocycles. The molecule has 2 heterocycles. The number of rotatable bonds is 7. The molecule has 162 valence electrons. The minimum atomic E-state index is -0.0279. The minimum absolute atomic E-state index is 0. The molecule has 1 aromatic rings. The van der Waals surface area contributed by atoms with Gasteiger partial charge in [0.1, 0.15) is 12.3 Å². The van der Waals surface area contributed by atoms with Gasteiger partial charge in [0.15, 0.2) is 5.96 Å². The van der Waals surface area contributed by atoms with Crippen LogP contribution in [-0.4, -0.2) is 73.6 Å². The predicted octanol–water partition coefficient (Wildman–Crippen LogP) is 2.67. The Hall–Kier alpha value is -0.870. The molecule has 0 spiro atoms. The third-order valence-electron chi connectivity index (χ3n) is 4.77. The highest BCUT2D eigenvalue weighted by molar-refractivity contribution is 14.0. The molecule has 2 N–H and O–H groups in total. The number of aromatic nitrogens is 1. The Kier molecular flexibility index (Phi) is 11.4. The van der Waals surface area contributed by atoms with Gasteiger partial charge >= 0.3 is 0 Å². The summed E-state index contributed by atoms with van der Waals surface area (Å²) >= 11 is 0. The van der Waals surface area contributed by atoms with E-state index >= 15 is 0 Å². The first-order chi connectivity index (χ1) is 12.9. The summed E-state index contributed by atoms with van der Waals surface area (Å²) in [5.74, 6) is 2.38. The van der Waals surface area contributed by atoms with Crippen molar-refractivity contribution in [2.24, 2.45) is 4.99 Å². The van der Waals surface area contributed by atoms with Crippen LogP contribution in [0.4, 0.5) is 0 Å². The van der Waals surface area contributed by atoms with E-state index in [9.17, 15) is 0 Å². The molecule has 1 aliphatic rings. The predicted molar refractivity (Wildman–Crippen MR) is 127 cm³/mol. The molecule has 0 amide bonds. The highest BCUT2D eigenvalue weighted by atomic mass is 127. The second-order valence-corrected chi connectivity index (χ2v) is 8.34. The Labute approximate surface area is 187 Å². The molecule has 8 heteroatoms. The van der Waals surface area contributed by atoms with Gasteiger partial charge in [0.25, 0.3) is 0 Å². The smallest absolute Gasteiger partial charge is 0.216 e. The van der Waals surface area contributed by atoms with Gasteiger partial charge in [0.05, 0.1) is 6.20 Å². The van der Waals surface area contributed by atoms with Crippen LogP contribution in [0.1, 0.15) is 52.2 Å². The fourth-order valence-electron chi connectivity index (χ4n) is 3.05. The molecule has 7 nitrogen and oxygen atoms in total. The second-order valence-electron chi connectivity index (χ2n) is 8.34. The van der Waals surface area contributed by atoms with Crippen molar-refractivity contribution in [3.63, 3.8) is 0 Å². The lowest BCUT2D eigenvalue weighted by molar-refractivity contribution is 0.274. The van der Waals surface area contributed by atoms with Crippen molar-refractivity contribution in [1.29, 1.82) is 0 Å². The van der Waals surface area contributed by atoms with Crippen LogP contribution in [0.3, 0.4) is 0 Å². The van der Waals surface area contributed by atoms with Gasteiger partial charge in [-0.25, -0.2) is 9.98 Å². The van der Waals surface area contributed by atoms with E-state index in [4.69, 9.17) is 4.42 Å². The van der Waals surface area contributed by atoms with Crippen LogP contribution in [0.15, 0.2) is 15.6 Å². The van der Waals surface area contributed by atoms with E-state index in [1.165, 1.54) is 32.6 Å². The van der Waals surface area contributed by atoms with E-state index in [1.807, 2.05) is 6.20 Å². The van der Waals surface area contributed by atoms with Gasteiger partial charge in [-0.05, 0) is 46.4 Å². The van der Waals surface area contributed by atoms with E-state index in [-0.39, 0.29) is 29.4 Å². The molecule has 0 aliphatic carbocycles. The second kappa shape index (κ2) is 12.6. The van der Waals surface area contributed by atoms with Crippen LogP contribution in [0.5, 0.6) is 0 Å². The van der Waals surface area contributed by atoms with Gasteiger partial charge in [-0.2, -0.15) is 0 Å². The summed E-state index contributed by atoms with van der Waals surface area (Å²) in [6.07, 6.45) is 4.19. The maximum atomic E-state index is 5.82. The quantitative estimate of drug-likeness (QED) is 0.257. The Morgan fingerprint density at radius 3 is 2.68 bits per heavy atom. The average molecular weight is 506 g/mol. The number of nitrogens with zero attached hydrogens (tertiary/aromatic N) is 4. The largest absolute Gasteiger partial charge is 0.443 e. The maximum Gasteiger partial charge on any atom is 0.216 e. The molecule has 28 heavy (non-hydrogen) atoms. The molecule has 1 aliphatic heterocycles. The number of oxazole rings is 1. The van der Waals surface area contributed by atoms with Crippen molar-refractivity contribution in [3.8, 4) is 0 Å². The Morgan fingerprint density at radius 2 is 2.00 bits per heavy atom. The lowest BCUT2D eigenvalue weighted by atomic mass is 9.94. The lowest BCUT2D eigenvalue weighted by Crippen LogP contribution is -2.39. The van der Waals surface area contributed by atoms with Crippen molar-refractivity contribution in [2.75, 3.05) is 52.9 Å². The zero-order chi connectivity index (χ0) is 19.7. The number of likely N-dealkylation sites (N-methyl/N-ethyl adjacent to an activating group) is 1. The molecule has 1 fully saturated rings. The molecule has 0 saturated carbocycles. The molecule has 2 rings (SSSR count). The van der Waals surface area contributed by atoms with E-state index in [1.54, 1.807) is 0 Å². The zero-order valence-corrected chi connectivity index (χ0v) is 20.6. The third-order valence-corrected chi connectivity index (χ3v) is 4.77. The van der Waals surface area contributed by atoms with Crippen LogP contribution in [0.2, 0.25) is 0 Å². The van der Waals surface area contributed by atoms with E-state index in [0.717, 1.165) is 37.8 Å². The monoisotopic (exact) mass is 506 g/mol. The Bertz CT molecular complexity index is 583. The zero-order valence-electron chi connectivity index (χ0n) is 18.3. The molecule has 0 aromatic carbocycles. The summed E-state index contributed by atoms with van der Waals surface area (Å²) in [4.78, 5) is 13.9. The summed E-state index contributed by atoms with van der Waals surface area (Å²) in [7, 11) is 2.21. The molecule has 0 atom stereocenters. The highest BCUT2D eigenvalue weighted by Crippen LogP contribution is 2.22. The van der Waals surface area contributed by atoms with E-state index in [2.05, 4.69) is 65.2 Å². The van der Waals surface area contributed by atoms with Crippen molar-refractivity contribution in [3.05, 3.63) is 17.8 Å². The van der Waals surface area contributed by atoms with Crippen LogP contribution in [0, 0.1) is 0 Å². The minimum Gasteiger partial charge on any atom is -0.443 e.